The fourth-order valence-electron chi connectivity index (χ4n) is 1.19. The summed E-state index contributed by atoms with van der Waals surface area (Å²) in [6.45, 7) is 2.69. The standard InChI is InChI=1S/C13H16BrNOS/c1-2-3-4-9-15-13(16)10-17-12-7-5-11(14)6-8-12/h2-3,5-8H,4,9-10H2,1H3,(H,15,16)/b3-2+. The lowest BCUT2D eigenvalue weighted by molar-refractivity contribution is -0.118. The Morgan fingerprint density at radius 1 is 1.41 bits per heavy atom. The van der Waals surface area contributed by atoms with E-state index < -0.39 is 0 Å². The van der Waals surface area contributed by atoms with E-state index in [9.17, 15) is 4.79 Å². The van der Waals surface area contributed by atoms with Gasteiger partial charge in [0, 0.05) is 15.9 Å². The number of thioether (sulfide) groups is 1. The first-order chi connectivity index (χ1) is 8.22. The predicted molar refractivity (Wildman–Crippen MR) is 77.3 cm³/mol. The minimum atomic E-state index is 0.0856. The Kier molecular flexibility index (Phi) is 7.05. The molecule has 0 saturated carbocycles. The average Bonchev–Trinajstić information content (AvgIpc) is 2.34. The Morgan fingerprint density at radius 2 is 2.12 bits per heavy atom. The van der Waals surface area contributed by atoms with Gasteiger partial charge in [0.05, 0.1) is 5.75 Å². The first-order valence-electron chi connectivity index (χ1n) is 5.48. The van der Waals surface area contributed by atoms with E-state index in [4.69, 9.17) is 0 Å². The van der Waals surface area contributed by atoms with Crippen LogP contribution in [0.4, 0.5) is 0 Å². The summed E-state index contributed by atoms with van der Waals surface area (Å²) in [6, 6.07) is 7.96. The monoisotopic (exact) mass is 313 g/mol. The second-order valence-electron chi connectivity index (χ2n) is 3.45. The number of nitrogens with one attached hydrogen (secondary N) is 1. The number of allylic oxidation sites excluding steroid dienone is 1. The van der Waals surface area contributed by atoms with Crippen LogP contribution in [-0.4, -0.2) is 18.2 Å². The molecule has 0 saturated heterocycles. The van der Waals surface area contributed by atoms with Crippen molar-refractivity contribution >= 4 is 33.6 Å². The molecule has 17 heavy (non-hydrogen) atoms. The van der Waals surface area contributed by atoms with Crippen molar-refractivity contribution in [1.82, 2.24) is 5.32 Å². The van der Waals surface area contributed by atoms with Gasteiger partial charge in [0.15, 0.2) is 0 Å². The Balaban J connectivity index is 2.21. The lowest BCUT2D eigenvalue weighted by atomic mass is 10.4. The van der Waals surface area contributed by atoms with Gasteiger partial charge in [0.2, 0.25) is 5.91 Å². The molecule has 0 fully saturated rings. The smallest absolute Gasteiger partial charge is 0.230 e. The molecule has 0 aliphatic heterocycles. The molecule has 1 amide bonds. The predicted octanol–water partition coefficient (Wildman–Crippen LogP) is 3.62. The van der Waals surface area contributed by atoms with Crippen LogP contribution in [0.3, 0.4) is 0 Å². The highest BCUT2D eigenvalue weighted by Gasteiger charge is 2.01. The van der Waals surface area contributed by atoms with Gasteiger partial charge in [0.1, 0.15) is 0 Å². The summed E-state index contributed by atoms with van der Waals surface area (Å²) < 4.78 is 1.05. The second kappa shape index (κ2) is 8.37. The third kappa shape index (κ3) is 6.54. The number of hydrogen-bond acceptors (Lipinski definition) is 2. The van der Waals surface area contributed by atoms with Crippen molar-refractivity contribution in [2.24, 2.45) is 0 Å². The molecule has 1 N–H and O–H groups in total. The minimum absolute atomic E-state index is 0.0856. The molecule has 0 aliphatic rings. The highest BCUT2D eigenvalue weighted by atomic mass is 79.9. The van der Waals surface area contributed by atoms with E-state index in [1.165, 1.54) is 0 Å². The first-order valence-corrected chi connectivity index (χ1v) is 7.26. The molecular formula is C13H16BrNOS. The molecule has 0 unspecified atom stereocenters. The summed E-state index contributed by atoms with van der Waals surface area (Å²) in [6.07, 6.45) is 4.93. The van der Waals surface area contributed by atoms with Crippen LogP contribution in [0.1, 0.15) is 13.3 Å². The summed E-state index contributed by atoms with van der Waals surface area (Å²) in [7, 11) is 0. The van der Waals surface area contributed by atoms with E-state index in [-0.39, 0.29) is 5.91 Å². The van der Waals surface area contributed by atoms with Gasteiger partial charge in [-0.15, -0.1) is 11.8 Å². The zero-order chi connectivity index (χ0) is 12.5. The van der Waals surface area contributed by atoms with Crippen molar-refractivity contribution in [1.29, 1.82) is 0 Å². The maximum Gasteiger partial charge on any atom is 0.230 e. The zero-order valence-corrected chi connectivity index (χ0v) is 12.2. The lowest BCUT2D eigenvalue weighted by Crippen LogP contribution is -2.25. The van der Waals surface area contributed by atoms with E-state index in [1.54, 1.807) is 11.8 Å². The maximum absolute atomic E-state index is 11.5. The number of benzene rings is 1. The fourth-order valence-corrected chi connectivity index (χ4v) is 2.19. The third-order valence-electron chi connectivity index (χ3n) is 2.05. The molecule has 4 heteroatoms. The van der Waals surface area contributed by atoms with Crippen LogP contribution in [0, 0.1) is 0 Å². The number of rotatable bonds is 6. The summed E-state index contributed by atoms with van der Waals surface area (Å²) >= 11 is 4.93. The Hall–Kier alpha value is -0.740. The third-order valence-corrected chi connectivity index (χ3v) is 3.59. The van der Waals surface area contributed by atoms with Crippen LogP contribution in [0.2, 0.25) is 0 Å². The van der Waals surface area contributed by atoms with Gasteiger partial charge >= 0.3 is 0 Å². The van der Waals surface area contributed by atoms with Gasteiger partial charge < -0.3 is 5.32 Å². The largest absolute Gasteiger partial charge is 0.355 e. The highest BCUT2D eigenvalue weighted by molar-refractivity contribution is 9.10. The van der Waals surface area contributed by atoms with Crippen LogP contribution in [-0.2, 0) is 4.79 Å². The quantitative estimate of drug-likeness (QED) is 0.493. The van der Waals surface area contributed by atoms with E-state index in [0.29, 0.717) is 12.3 Å². The highest BCUT2D eigenvalue weighted by Crippen LogP contribution is 2.20. The average molecular weight is 314 g/mol. The minimum Gasteiger partial charge on any atom is -0.355 e. The summed E-state index contributed by atoms with van der Waals surface area (Å²) in [5.41, 5.74) is 0. The van der Waals surface area contributed by atoms with E-state index in [1.807, 2.05) is 43.3 Å². The number of amides is 1. The Bertz CT molecular complexity index is 376. The Morgan fingerprint density at radius 3 is 2.76 bits per heavy atom. The SMILES string of the molecule is C/C=C/CCNC(=O)CSc1ccc(Br)cc1. The Labute approximate surface area is 115 Å². The normalized spacial score (nSPS) is 10.7. The van der Waals surface area contributed by atoms with Crippen molar-refractivity contribution in [2.75, 3.05) is 12.3 Å². The van der Waals surface area contributed by atoms with Crippen molar-refractivity contribution in [3.05, 3.63) is 40.9 Å². The molecular weight excluding hydrogens is 298 g/mol. The van der Waals surface area contributed by atoms with Crippen molar-refractivity contribution in [3.8, 4) is 0 Å². The van der Waals surface area contributed by atoms with Crippen LogP contribution < -0.4 is 5.32 Å². The van der Waals surface area contributed by atoms with Crippen molar-refractivity contribution < 1.29 is 4.79 Å². The molecule has 2 nitrogen and oxygen atoms in total. The molecule has 0 aromatic heterocycles. The van der Waals surface area contributed by atoms with Gasteiger partial charge in [-0.1, -0.05) is 28.1 Å². The first kappa shape index (κ1) is 14.3. The molecule has 0 spiro atoms. The molecule has 0 bridgehead atoms. The van der Waals surface area contributed by atoms with Gasteiger partial charge in [0.25, 0.3) is 0 Å². The molecule has 1 aromatic carbocycles. The van der Waals surface area contributed by atoms with E-state index >= 15 is 0 Å². The van der Waals surface area contributed by atoms with Gasteiger partial charge in [-0.25, -0.2) is 0 Å². The van der Waals surface area contributed by atoms with E-state index in [2.05, 4.69) is 21.2 Å². The summed E-state index contributed by atoms with van der Waals surface area (Å²) in [5, 5.41) is 2.88. The van der Waals surface area contributed by atoms with Crippen LogP contribution in [0.15, 0.2) is 45.8 Å². The number of halogens is 1. The number of hydrogen-bond donors (Lipinski definition) is 1. The van der Waals surface area contributed by atoms with Gasteiger partial charge in [-0.3, -0.25) is 4.79 Å². The topological polar surface area (TPSA) is 29.1 Å². The molecule has 0 aliphatic carbocycles. The number of carbonyl (C=O) groups is 1. The molecule has 1 rings (SSSR count). The number of carbonyl (C=O) groups excluding carboxylic acids is 1. The molecule has 0 heterocycles. The van der Waals surface area contributed by atoms with Crippen LogP contribution in [0.25, 0.3) is 0 Å². The zero-order valence-electron chi connectivity index (χ0n) is 9.78. The summed E-state index contributed by atoms with van der Waals surface area (Å²) in [5.74, 6) is 0.555. The van der Waals surface area contributed by atoms with Gasteiger partial charge in [-0.2, -0.15) is 0 Å². The second-order valence-corrected chi connectivity index (χ2v) is 5.41. The van der Waals surface area contributed by atoms with Crippen LogP contribution in [0.5, 0.6) is 0 Å². The molecule has 92 valence electrons. The lowest BCUT2D eigenvalue weighted by Gasteiger charge is -2.03. The van der Waals surface area contributed by atoms with Crippen molar-refractivity contribution in [2.45, 2.75) is 18.2 Å². The molecule has 0 radical (unpaired) electrons. The molecule has 0 atom stereocenters. The van der Waals surface area contributed by atoms with Gasteiger partial charge in [-0.05, 0) is 37.6 Å². The van der Waals surface area contributed by atoms with Crippen molar-refractivity contribution in [3.63, 3.8) is 0 Å². The van der Waals surface area contributed by atoms with E-state index in [0.717, 1.165) is 15.8 Å². The summed E-state index contributed by atoms with van der Waals surface area (Å²) in [4.78, 5) is 12.6. The fraction of sp³-hybridized carbons (Fsp3) is 0.308. The van der Waals surface area contributed by atoms with Crippen LogP contribution >= 0.6 is 27.7 Å². The maximum atomic E-state index is 11.5. The molecule has 1 aromatic rings.